The van der Waals surface area contributed by atoms with Crippen LogP contribution in [0.2, 0.25) is 0 Å². The number of carbonyl (C=O) groups excluding carboxylic acids is 1. The first-order chi connectivity index (χ1) is 8.62. The minimum atomic E-state index is -0.487. The lowest BCUT2D eigenvalue weighted by atomic mass is 10.1. The number of hydrogen-bond acceptors (Lipinski definition) is 4. The summed E-state index contributed by atoms with van der Waals surface area (Å²) in [7, 11) is 1.53. The van der Waals surface area contributed by atoms with Gasteiger partial charge in [-0.05, 0) is 31.0 Å². The molecule has 0 aliphatic heterocycles. The van der Waals surface area contributed by atoms with Gasteiger partial charge in [-0.15, -0.1) is 0 Å². The van der Waals surface area contributed by atoms with E-state index in [0.29, 0.717) is 17.9 Å². The number of aliphatic hydroxyl groups excluding tert-OH is 1. The van der Waals surface area contributed by atoms with Gasteiger partial charge in [0.25, 0.3) is 0 Å². The van der Waals surface area contributed by atoms with Crippen LogP contribution in [0.5, 0.6) is 11.5 Å². The van der Waals surface area contributed by atoms with Crippen LogP contribution in [0.25, 0.3) is 0 Å². The molecule has 4 heteroatoms. The molecule has 0 aromatic heterocycles. The SMILES string of the molecule is CCCC(=O)C(C)Oc1ccc(CO)cc1OC. The fourth-order valence-electron chi connectivity index (χ4n) is 1.61. The summed E-state index contributed by atoms with van der Waals surface area (Å²) in [4.78, 5) is 11.7. The zero-order chi connectivity index (χ0) is 13.5. The number of rotatable bonds is 7. The molecular weight excluding hydrogens is 232 g/mol. The van der Waals surface area contributed by atoms with Crippen LogP contribution in [0.1, 0.15) is 32.3 Å². The van der Waals surface area contributed by atoms with Crippen molar-refractivity contribution in [3.63, 3.8) is 0 Å². The van der Waals surface area contributed by atoms with Crippen LogP contribution in [-0.4, -0.2) is 24.1 Å². The zero-order valence-electron chi connectivity index (χ0n) is 11.1. The van der Waals surface area contributed by atoms with Crippen molar-refractivity contribution in [1.29, 1.82) is 0 Å². The van der Waals surface area contributed by atoms with E-state index >= 15 is 0 Å². The Labute approximate surface area is 108 Å². The molecule has 0 spiro atoms. The smallest absolute Gasteiger partial charge is 0.172 e. The summed E-state index contributed by atoms with van der Waals surface area (Å²) in [6, 6.07) is 5.15. The largest absolute Gasteiger partial charge is 0.493 e. The van der Waals surface area contributed by atoms with Gasteiger partial charge in [0.1, 0.15) is 0 Å². The predicted molar refractivity (Wildman–Crippen MR) is 68.9 cm³/mol. The molecule has 0 saturated carbocycles. The van der Waals surface area contributed by atoms with E-state index in [-0.39, 0.29) is 12.4 Å². The maximum atomic E-state index is 11.7. The Morgan fingerprint density at radius 1 is 1.39 bits per heavy atom. The Bertz CT molecular complexity index is 401. The molecule has 100 valence electrons. The quantitative estimate of drug-likeness (QED) is 0.809. The average molecular weight is 252 g/mol. The van der Waals surface area contributed by atoms with Gasteiger partial charge >= 0.3 is 0 Å². The first-order valence-electron chi connectivity index (χ1n) is 6.09. The van der Waals surface area contributed by atoms with Gasteiger partial charge in [0, 0.05) is 6.42 Å². The minimum Gasteiger partial charge on any atom is -0.493 e. The Morgan fingerprint density at radius 3 is 2.67 bits per heavy atom. The Morgan fingerprint density at radius 2 is 2.11 bits per heavy atom. The summed E-state index contributed by atoms with van der Waals surface area (Å²) >= 11 is 0. The van der Waals surface area contributed by atoms with Crippen LogP contribution in [0.15, 0.2) is 18.2 Å². The van der Waals surface area contributed by atoms with Crippen molar-refractivity contribution in [3.8, 4) is 11.5 Å². The Hall–Kier alpha value is -1.55. The molecule has 0 saturated heterocycles. The highest BCUT2D eigenvalue weighted by molar-refractivity contribution is 5.83. The molecule has 0 fully saturated rings. The first-order valence-corrected chi connectivity index (χ1v) is 6.09. The standard InChI is InChI=1S/C14H20O4/c1-4-5-12(16)10(2)18-13-7-6-11(9-15)8-14(13)17-3/h6-8,10,15H,4-5,9H2,1-3H3. The van der Waals surface area contributed by atoms with Crippen LogP contribution >= 0.6 is 0 Å². The highest BCUT2D eigenvalue weighted by Gasteiger charge is 2.16. The van der Waals surface area contributed by atoms with E-state index in [1.165, 1.54) is 7.11 Å². The van der Waals surface area contributed by atoms with Crippen molar-refractivity contribution in [3.05, 3.63) is 23.8 Å². The number of benzene rings is 1. The first kappa shape index (κ1) is 14.5. The van der Waals surface area contributed by atoms with Gasteiger partial charge in [-0.3, -0.25) is 4.79 Å². The van der Waals surface area contributed by atoms with Crippen molar-refractivity contribution in [1.82, 2.24) is 0 Å². The van der Waals surface area contributed by atoms with Crippen LogP contribution in [0, 0.1) is 0 Å². The molecule has 0 bridgehead atoms. The van der Waals surface area contributed by atoms with Gasteiger partial charge in [0.15, 0.2) is 23.4 Å². The second-order valence-electron chi connectivity index (χ2n) is 4.12. The topological polar surface area (TPSA) is 55.8 Å². The lowest BCUT2D eigenvalue weighted by Gasteiger charge is -2.16. The molecule has 1 atom stereocenters. The number of aliphatic hydroxyl groups is 1. The van der Waals surface area contributed by atoms with Crippen LogP contribution in [-0.2, 0) is 11.4 Å². The van der Waals surface area contributed by atoms with Crippen LogP contribution in [0.3, 0.4) is 0 Å². The molecule has 18 heavy (non-hydrogen) atoms. The van der Waals surface area contributed by atoms with E-state index in [4.69, 9.17) is 14.6 Å². The number of methoxy groups -OCH3 is 1. The summed E-state index contributed by atoms with van der Waals surface area (Å²) in [5, 5.41) is 9.04. The second kappa shape index (κ2) is 7.01. The maximum absolute atomic E-state index is 11.7. The molecule has 0 radical (unpaired) electrons. The number of ether oxygens (including phenoxy) is 2. The molecule has 4 nitrogen and oxygen atoms in total. The highest BCUT2D eigenvalue weighted by Crippen LogP contribution is 2.29. The van der Waals surface area contributed by atoms with Crippen molar-refractivity contribution >= 4 is 5.78 Å². The predicted octanol–water partition coefficient (Wildman–Crippen LogP) is 2.32. The molecular formula is C14H20O4. The Balaban J connectivity index is 2.80. The minimum absolute atomic E-state index is 0.0546. The van der Waals surface area contributed by atoms with Gasteiger partial charge in [-0.25, -0.2) is 0 Å². The molecule has 1 N–H and O–H groups in total. The zero-order valence-corrected chi connectivity index (χ0v) is 11.1. The van der Waals surface area contributed by atoms with Crippen molar-refractivity contribution in [2.24, 2.45) is 0 Å². The third-order valence-corrected chi connectivity index (χ3v) is 2.66. The summed E-state index contributed by atoms with van der Waals surface area (Å²) in [5.41, 5.74) is 0.742. The van der Waals surface area contributed by atoms with Gasteiger partial charge in [0.05, 0.1) is 13.7 Å². The second-order valence-corrected chi connectivity index (χ2v) is 4.12. The third kappa shape index (κ3) is 3.74. The average Bonchev–Trinajstić information content (AvgIpc) is 2.39. The van der Waals surface area contributed by atoms with Crippen molar-refractivity contribution < 1.29 is 19.4 Å². The maximum Gasteiger partial charge on any atom is 0.172 e. The molecule has 0 amide bonds. The lowest BCUT2D eigenvalue weighted by Crippen LogP contribution is -2.23. The number of carbonyl (C=O) groups is 1. The van der Waals surface area contributed by atoms with Gasteiger partial charge in [-0.2, -0.15) is 0 Å². The van der Waals surface area contributed by atoms with E-state index in [0.717, 1.165) is 12.0 Å². The number of ketones is 1. The molecule has 0 aliphatic carbocycles. The molecule has 1 unspecified atom stereocenters. The summed E-state index contributed by atoms with van der Waals surface area (Å²) in [6.07, 6.45) is 0.838. The Kier molecular flexibility index (Phi) is 5.65. The van der Waals surface area contributed by atoms with Gasteiger partial charge in [-0.1, -0.05) is 13.0 Å². The van der Waals surface area contributed by atoms with Crippen molar-refractivity contribution in [2.45, 2.75) is 39.4 Å². The normalized spacial score (nSPS) is 12.0. The van der Waals surface area contributed by atoms with E-state index in [1.54, 1.807) is 25.1 Å². The molecule has 1 aromatic carbocycles. The highest BCUT2D eigenvalue weighted by atomic mass is 16.5. The van der Waals surface area contributed by atoms with E-state index in [1.807, 2.05) is 6.92 Å². The van der Waals surface area contributed by atoms with Crippen LogP contribution in [0.4, 0.5) is 0 Å². The van der Waals surface area contributed by atoms with E-state index in [9.17, 15) is 4.79 Å². The summed E-state index contributed by atoms with van der Waals surface area (Å²) in [5.74, 6) is 1.12. The lowest BCUT2D eigenvalue weighted by molar-refractivity contribution is -0.125. The molecule has 0 aliphatic rings. The van der Waals surface area contributed by atoms with Gasteiger partial charge in [0.2, 0.25) is 0 Å². The molecule has 1 rings (SSSR count). The molecule has 0 heterocycles. The van der Waals surface area contributed by atoms with E-state index < -0.39 is 6.10 Å². The van der Waals surface area contributed by atoms with E-state index in [2.05, 4.69) is 0 Å². The van der Waals surface area contributed by atoms with Crippen molar-refractivity contribution in [2.75, 3.05) is 7.11 Å². The third-order valence-electron chi connectivity index (χ3n) is 2.66. The van der Waals surface area contributed by atoms with Gasteiger partial charge < -0.3 is 14.6 Å². The van der Waals surface area contributed by atoms with Crippen LogP contribution < -0.4 is 9.47 Å². The summed E-state index contributed by atoms with van der Waals surface area (Å²) in [6.45, 7) is 3.64. The molecule has 1 aromatic rings. The monoisotopic (exact) mass is 252 g/mol. The summed E-state index contributed by atoms with van der Waals surface area (Å²) < 4.78 is 10.8. The number of Topliss-reactive ketones (excluding diaryl/α,β-unsaturated/α-hetero) is 1. The fraction of sp³-hybridized carbons (Fsp3) is 0.500. The number of hydrogen-bond donors (Lipinski definition) is 1. The fourth-order valence-corrected chi connectivity index (χ4v) is 1.61.